The van der Waals surface area contributed by atoms with Crippen LogP contribution in [0, 0.1) is 6.92 Å². The number of nitrogens with one attached hydrogen (secondary N) is 1. The smallest absolute Gasteiger partial charge is 0.290 e. The summed E-state index contributed by atoms with van der Waals surface area (Å²) in [6.45, 7) is 5.62. The van der Waals surface area contributed by atoms with Crippen molar-refractivity contribution < 1.29 is 9.21 Å². The molecule has 2 rings (SSSR count). The number of aryl methyl sites for hydroxylation is 1. The standard InChI is InChI=1S/C13H20N2O2/c1-10-5-6-11(17-10)12(16)15-8-4-7-13(15,2)9-14-3/h5-6,14H,4,7-9H2,1-3H3. The van der Waals surface area contributed by atoms with E-state index in [9.17, 15) is 4.79 Å². The normalized spacial score (nSPS) is 24.3. The second kappa shape index (κ2) is 4.53. The molecule has 1 aliphatic heterocycles. The molecule has 94 valence electrons. The lowest BCUT2D eigenvalue weighted by Gasteiger charge is -2.34. The lowest BCUT2D eigenvalue weighted by molar-refractivity contribution is 0.0592. The summed E-state index contributed by atoms with van der Waals surface area (Å²) in [6, 6.07) is 3.59. The Labute approximate surface area is 102 Å². The SMILES string of the molecule is CNCC1(C)CCCN1C(=O)c1ccc(C)o1. The van der Waals surface area contributed by atoms with Gasteiger partial charge >= 0.3 is 0 Å². The maximum Gasteiger partial charge on any atom is 0.290 e. The van der Waals surface area contributed by atoms with E-state index in [4.69, 9.17) is 4.42 Å². The third-order valence-corrected chi connectivity index (χ3v) is 3.50. The largest absolute Gasteiger partial charge is 0.456 e. The fourth-order valence-corrected chi connectivity index (χ4v) is 2.62. The van der Waals surface area contributed by atoms with Crippen LogP contribution in [0.1, 0.15) is 36.1 Å². The van der Waals surface area contributed by atoms with Gasteiger partial charge in [0.25, 0.3) is 5.91 Å². The van der Waals surface area contributed by atoms with E-state index >= 15 is 0 Å². The van der Waals surface area contributed by atoms with E-state index in [-0.39, 0.29) is 11.4 Å². The lowest BCUT2D eigenvalue weighted by Crippen LogP contribution is -2.50. The van der Waals surface area contributed by atoms with Crippen LogP contribution in [-0.2, 0) is 0 Å². The number of furan rings is 1. The van der Waals surface area contributed by atoms with E-state index in [2.05, 4.69) is 12.2 Å². The first kappa shape index (κ1) is 12.2. The molecule has 1 amide bonds. The topological polar surface area (TPSA) is 45.5 Å². The average Bonchev–Trinajstić information content (AvgIpc) is 2.85. The molecule has 0 radical (unpaired) electrons. The first-order chi connectivity index (χ1) is 8.07. The monoisotopic (exact) mass is 236 g/mol. The third-order valence-electron chi connectivity index (χ3n) is 3.50. The van der Waals surface area contributed by atoms with Gasteiger partial charge in [-0.25, -0.2) is 0 Å². The van der Waals surface area contributed by atoms with E-state index in [1.165, 1.54) is 0 Å². The molecule has 1 aromatic rings. The summed E-state index contributed by atoms with van der Waals surface area (Å²) >= 11 is 0. The number of rotatable bonds is 3. The van der Waals surface area contributed by atoms with Crippen LogP contribution >= 0.6 is 0 Å². The Bertz CT molecular complexity index is 413. The molecule has 0 aliphatic carbocycles. The zero-order chi connectivity index (χ0) is 12.5. The molecule has 0 spiro atoms. The van der Waals surface area contributed by atoms with Gasteiger partial charge in [0.15, 0.2) is 5.76 Å². The fraction of sp³-hybridized carbons (Fsp3) is 0.615. The van der Waals surface area contributed by atoms with Crippen LogP contribution < -0.4 is 5.32 Å². The van der Waals surface area contributed by atoms with Gasteiger partial charge in [0.05, 0.1) is 5.54 Å². The van der Waals surface area contributed by atoms with Gasteiger partial charge in [0, 0.05) is 13.1 Å². The summed E-state index contributed by atoms with van der Waals surface area (Å²) < 4.78 is 5.42. The second-order valence-corrected chi connectivity index (χ2v) is 5.00. The van der Waals surface area contributed by atoms with Crippen LogP contribution in [0.5, 0.6) is 0 Å². The van der Waals surface area contributed by atoms with Gasteiger partial charge in [0.1, 0.15) is 5.76 Å². The Morgan fingerprint density at radius 3 is 2.94 bits per heavy atom. The molecule has 0 aromatic carbocycles. The minimum atomic E-state index is -0.0907. The van der Waals surface area contributed by atoms with Crippen LogP contribution in [-0.4, -0.2) is 36.5 Å². The van der Waals surface area contributed by atoms with Crippen molar-refractivity contribution in [2.45, 2.75) is 32.2 Å². The van der Waals surface area contributed by atoms with E-state index < -0.39 is 0 Å². The number of amides is 1. The number of carbonyl (C=O) groups excluding carboxylic acids is 1. The van der Waals surface area contributed by atoms with Crippen LogP contribution in [0.2, 0.25) is 0 Å². The predicted molar refractivity (Wildman–Crippen MR) is 66.0 cm³/mol. The number of hydrogen-bond donors (Lipinski definition) is 1. The second-order valence-electron chi connectivity index (χ2n) is 5.00. The van der Waals surface area contributed by atoms with Gasteiger partial charge < -0.3 is 14.6 Å². The van der Waals surface area contributed by atoms with Gasteiger partial charge in [-0.3, -0.25) is 4.79 Å². The minimum absolute atomic E-state index is 0.00773. The maximum atomic E-state index is 12.4. The van der Waals surface area contributed by atoms with E-state index in [0.717, 1.165) is 31.7 Å². The van der Waals surface area contributed by atoms with Gasteiger partial charge in [-0.05, 0) is 45.9 Å². The van der Waals surface area contributed by atoms with Crippen molar-refractivity contribution in [2.24, 2.45) is 0 Å². The van der Waals surface area contributed by atoms with Crippen molar-refractivity contribution >= 4 is 5.91 Å². The van der Waals surface area contributed by atoms with Crippen LogP contribution in [0.15, 0.2) is 16.5 Å². The van der Waals surface area contributed by atoms with Gasteiger partial charge in [0.2, 0.25) is 0 Å². The zero-order valence-corrected chi connectivity index (χ0v) is 10.7. The molecule has 4 nitrogen and oxygen atoms in total. The number of carbonyl (C=O) groups is 1. The highest BCUT2D eigenvalue weighted by Gasteiger charge is 2.40. The quantitative estimate of drug-likeness (QED) is 0.870. The van der Waals surface area contributed by atoms with Crippen LogP contribution in [0.25, 0.3) is 0 Å². The number of likely N-dealkylation sites (N-methyl/N-ethyl adjacent to an activating group) is 1. The molecule has 0 bridgehead atoms. The molecule has 0 saturated carbocycles. The minimum Gasteiger partial charge on any atom is -0.456 e. The third kappa shape index (κ3) is 2.22. The van der Waals surface area contributed by atoms with Gasteiger partial charge in [-0.1, -0.05) is 0 Å². The molecule has 1 unspecified atom stereocenters. The highest BCUT2D eigenvalue weighted by atomic mass is 16.3. The Morgan fingerprint density at radius 1 is 1.59 bits per heavy atom. The van der Waals surface area contributed by atoms with Gasteiger partial charge in [-0.15, -0.1) is 0 Å². The Balaban J connectivity index is 2.19. The molecule has 1 aliphatic rings. The first-order valence-corrected chi connectivity index (χ1v) is 6.10. The summed E-state index contributed by atoms with van der Waals surface area (Å²) in [4.78, 5) is 14.3. The number of hydrogen-bond acceptors (Lipinski definition) is 3. The van der Waals surface area contributed by atoms with Crippen molar-refractivity contribution in [1.82, 2.24) is 10.2 Å². The van der Waals surface area contributed by atoms with Crippen molar-refractivity contribution in [3.8, 4) is 0 Å². The molecule has 1 fully saturated rings. The molecule has 2 heterocycles. The highest BCUT2D eigenvalue weighted by molar-refractivity contribution is 5.92. The molecule has 17 heavy (non-hydrogen) atoms. The Hall–Kier alpha value is -1.29. The molecule has 1 aromatic heterocycles. The predicted octanol–water partition coefficient (Wildman–Crippen LogP) is 1.80. The summed E-state index contributed by atoms with van der Waals surface area (Å²) in [6.07, 6.45) is 2.10. The summed E-state index contributed by atoms with van der Waals surface area (Å²) in [5, 5.41) is 3.17. The summed E-state index contributed by atoms with van der Waals surface area (Å²) in [5.41, 5.74) is -0.0907. The summed E-state index contributed by atoms with van der Waals surface area (Å²) in [5.74, 6) is 1.24. The summed E-state index contributed by atoms with van der Waals surface area (Å²) in [7, 11) is 1.92. The van der Waals surface area contributed by atoms with Crippen molar-refractivity contribution in [3.05, 3.63) is 23.7 Å². The van der Waals surface area contributed by atoms with Crippen molar-refractivity contribution in [2.75, 3.05) is 20.1 Å². The first-order valence-electron chi connectivity index (χ1n) is 6.10. The molecular weight excluding hydrogens is 216 g/mol. The van der Waals surface area contributed by atoms with E-state index in [0.29, 0.717) is 5.76 Å². The average molecular weight is 236 g/mol. The molecular formula is C13H20N2O2. The number of likely N-dealkylation sites (tertiary alicyclic amines) is 1. The highest BCUT2D eigenvalue weighted by Crippen LogP contribution is 2.30. The molecule has 1 N–H and O–H groups in total. The lowest BCUT2D eigenvalue weighted by atomic mass is 9.99. The van der Waals surface area contributed by atoms with Crippen LogP contribution in [0.3, 0.4) is 0 Å². The number of nitrogens with zero attached hydrogens (tertiary/aromatic N) is 1. The van der Waals surface area contributed by atoms with Crippen molar-refractivity contribution in [3.63, 3.8) is 0 Å². The Morgan fingerprint density at radius 2 is 2.35 bits per heavy atom. The van der Waals surface area contributed by atoms with E-state index in [1.54, 1.807) is 6.07 Å². The van der Waals surface area contributed by atoms with Crippen molar-refractivity contribution in [1.29, 1.82) is 0 Å². The maximum absolute atomic E-state index is 12.4. The fourth-order valence-electron chi connectivity index (χ4n) is 2.62. The van der Waals surface area contributed by atoms with Gasteiger partial charge in [-0.2, -0.15) is 0 Å². The van der Waals surface area contributed by atoms with Crippen LogP contribution in [0.4, 0.5) is 0 Å². The zero-order valence-electron chi connectivity index (χ0n) is 10.7. The molecule has 1 atom stereocenters. The Kier molecular flexibility index (Phi) is 3.24. The van der Waals surface area contributed by atoms with E-state index in [1.807, 2.05) is 24.9 Å². The molecule has 4 heteroatoms. The molecule has 1 saturated heterocycles.